The Labute approximate surface area is 687 Å². The van der Waals surface area contributed by atoms with Gasteiger partial charge >= 0.3 is 29.8 Å². The van der Waals surface area contributed by atoms with Crippen LogP contribution in [0.25, 0.3) is 10.9 Å². The van der Waals surface area contributed by atoms with Crippen LogP contribution >= 0.6 is 0 Å². The summed E-state index contributed by atoms with van der Waals surface area (Å²) in [6.07, 6.45) is -2.45. The number of aliphatic carboxylic acids is 4. The lowest BCUT2D eigenvalue weighted by atomic mass is 9.95. The molecular formula is C76H108N18O26. The minimum atomic E-state index is -2.47. The van der Waals surface area contributed by atoms with Gasteiger partial charge in [0.15, 0.2) is 5.78 Å². The number of hydrogen-bond donors (Lipinski definition) is 22. The normalized spacial score (nSPS) is 21.0. The van der Waals surface area contributed by atoms with Crippen molar-refractivity contribution in [1.29, 1.82) is 0 Å². The first kappa shape index (κ1) is 99.2. The summed E-state index contributed by atoms with van der Waals surface area (Å²) < 4.78 is 5.70. The first-order chi connectivity index (χ1) is 56.6. The lowest BCUT2D eigenvalue weighted by Crippen LogP contribution is -2.62. The van der Waals surface area contributed by atoms with E-state index in [2.05, 4.69) is 72.0 Å². The maximum Gasteiger partial charge on any atom is 0.329 e. The molecule has 1 aromatic heterocycles. The number of amides is 15. The fourth-order valence-electron chi connectivity index (χ4n) is 12.4. The van der Waals surface area contributed by atoms with Gasteiger partial charge in [-0.15, -0.1) is 0 Å². The molecule has 26 N–H and O–H groups in total. The van der Waals surface area contributed by atoms with Crippen molar-refractivity contribution < 1.29 is 126 Å². The van der Waals surface area contributed by atoms with Gasteiger partial charge in [0.2, 0.25) is 88.6 Å². The number of carbonyl (C=O) groups is 21. The number of aromatic amines is 1. The standard InChI is InChI=1S/C76H108N18O26/c1-6-37(2)18-11-9-7-8-10-12-24-57(98)86-47(27-41-34-81-45-22-16-14-19-42(41)45)70(113)89-49(30-56(80)97)71(114)91-52(33-63(107)108)73(116)94-65-40(5)120-76(119)53(28-54(95)43-20-13-15-21-44(43)78)92-75(118)64(38(3)26-60(101)102)93-72(115)48(29-55(79)96)87-59(100)35-82-67(110)50(31-61(103)104)88-66(109)39(4)84-69(112)51(32-62(105)106)90-68(111)46(23-17-25-77)85-58(99)36-83-74(65)117/h13-16,19-22,34,37-40,46-53,64-65,81H,6-12,17-18,23-33,35-36,77-78H2,1-5H3,(H2,79,96)(H2,80,97)(H,82,110)(H,83,117)(H,84,112)(H,85,99)(H,86,98)(H,87,100)(H,88,109)(H,89,113)(H,90,111)(H,91,114)(H,92,118)(H,93,115)(H,94,116)(H,101,102)(H,103,104)(H,105,106)(H,107,108). The van der Waals surface area contributed by atoms with E-state index in [0.717, 1.165) is 59.3 Å². The lowest BCUT2D eigenvalue weighted by molar-refractivity contribution is -0.156. The van der Waals surface area contributed by atoms with Crippen LogP contribution in [-0.4, -0.2) is 242 Å². The number of primary amides is 2. The summed E-state index contributed by atoms with van der Waals surface area (Å²) >= 11 is 0. The van der Waals surface area contributed by atoms with Crippen molar-refractivity contribution in [3.05, 3.63) is 65.9 Å². The number of carboxylic acid groups (broad SMARTS) is 4. The first-order valence-corrected chi connectivity index (χ1v) is 38.7. The Balaban J connectivity index is 1.88. The van der Waals surface area contributed by atoms with Crippen LogP contribution in [0.15, 0.2) is 54.7 Å². The second kappa shape index (κ2) is 49.8. The van der Waals surface area contributed by atoms with Crippen molar-refractivity contribution in [2.75, 3.05) is 25.4 Å². The summed E-state index contributed by atoms with van der Waals surface area (Å²) in [5.41, 5.74) is 23.5. The molecule has 1 aliphatic rings. The molecule has 44 heteroatoms. The van der Waals surface area contributed by atoms with Crippen molar-refractivity contribution in [2.45, 2.75) is 229 Å². The van der Waals surface area contributed by atoms with Gasteiger partial charge in [0.1, 0.15) is 72.6 Å². The van der Waals surface area contributed by atoms with E-state index in [4.69, 9.17) is 27.7 Å². The van der Waals surface area contributed by atoms with Gasteiger partial charge in [-0.2, -0.15) is 0 Å². The number of nitrogens with one attached hydrogen (secondary N) is 14. The third-order valence-corrected chi connectivity index (χ3v) is 19.1. The van der Waals surface area contributed by atoms with Crippen molar-refractivity contribution in [3.8, 4) is 0 Å². The van der Waals surface area contributed by atoms with E-state index in [1.807, 2.05) is 16.0 Å². The van der Waals surface area contributed by atoms with Crippen LogP contribution in [0.1, 0.15) is 166 Å². The van der Waals surface area contributed by atoms with E-state index in [1.54, 1.807) is 30.5 Å². The number of aromatic nitrogens is 1. The van der Waals surface area contributed by atoms with Crippen molar-refractivity contribution in [3.63, 3.8) is 0 Å². The Morgan fingerprint density at radius 2 is 1.06 bits per heavy atom. The van der Waals surface area contributed by atoms with Crippen LogP contribution in [0.2, 0.25) is 0 Å². The molecule has 658 valence electrons. The number of anilines is 1. The molecule has 44 nitrogen and oxygen atoms in total. The minimum absolute atomic E-state index is 0.0244. The predicted molar refractivity (Wildman–Crippen MR) is 421 cm³/mol. The smallest absolute Gasteiger partial charge is 0.329 e. The molecule has 4 rings (SSSR count). The monoisotopic (exact) mass is 1690 g/mol. The molecule has 1 saturated heterocycles. The minimum Gasteiger partial charge on any atom is -0.481 e. The summed E-state index contributed by atoms with van der Waals surface area (Å²) in [6, 6.07) is -10.8. The molecule has 14 unspecified atom stereocenters. The number of carboxylic acids is 4. The maximum atomic E-state index is 14.9. The molecular weight excluding hydrogens is 1580 g/mol. The van der Waals surface area contributed by atoms with Gasteiger partial charge in [-0.3, -0.25) is 95.9 Å². The molecule has 2 heterocycles. The van der Waals surface area contributed by atoms with E-state index < -0.39 is 267 Å². The number of fused-ring (bicyclic) bond motifs is 1. The third-order valence-electron chi connectivity index (χ3n) is 19.1. The molecule has 2 aromatic carbocycles. The fourth-order valence-corrected chi connectivity index (χ4v) is 12.4. The van der Waals surface area contributed by atoms with Crippen LogP contribution in [0.4, 0.5) is 5.69 Å². The quantitative estimate of drug-likeness (QED) is 0.0111. The number of unbranched alkanes of at least 4 members (excludes halogenated alkanes) is 5. The number of para-hydroxylation sites is 2. The number of nitrogen functional groups attached to an aromatic ring is 1. The molecule has 0 spiro atoms. The largest absolute Gasteiger partial charge is 0.481 e. The summed E-state index contributed by atoms with van der Waals surface area (Å²) in [4.78, 5) is 290. The van der Waals surface area contributed by atoms with E-state index >= 15 is 0 Å². The zero-order chi connectivity index (χ0) is 89.6. The molecule has 14 atom stereocenters. The Morgan fingerprint density at radius 1 is 0.525 bits per heavy atom. The zero-order valence-corrected chi connectivity index (χ0v) is 66.9. The van der Waals surface area contributed by atoms with E-state index in [9.17, 15) is 121 Å². The molecule has 0 aliphatic carbocycles. The van der Waals surface area contributed by atoms with Crippen molar-refractivity contribution in [2.24, 2.45) is 29.0 Å². The van der Waals surface area contributed by atoms with Crippen LogP contribution in [-0.2, 0) is 107 Å². The van der Waals surface area contributed by atoms with Gasteiger partial charge in [-0.1, -0.05) is 96.0 Å². The Bertz CT molecular complexity index is 4230. The summed E-state index contributed by atoms with van der Waals surface area (Å²) in [7, 11) is 0. The SMILES string of the molecule is CCC(C)CCCCCCCCC(=O)NC(Cc1c[nH]c2ccccc12)C(=O)NC(CC(N)=O)C(=O)NC(CC(=O)O)C(=O)NC1C(=O)NCC(=O)NC(CCCN)C(=O)NC(CC(=O)O)C(=O)NC(C)C(=O)NC(CC(=O)O)C(=O)NCC(=O)NC(CC(N)=O)C(=O)NC(C(C)CC(=O)O)C(=O)NC(CC(=O)c2ccccc2N)C(=O)OC1C. The Morgan fingerprint density at radius 3 is 1.66 bits per heavy atom. The fraction of sp³-hybridized carbons (Fsp3) is 0.539. The van der Waals surface area contributed by atoms with Gasteiger partial charge in [0, 0.05) is 47.6 Å². The van der Waals surface area contributed by atoms with Gasteiger partial charge in [-0.05, 0) is 75.3 Å². The highest BCUT2D eigenvalue weighted by atomic mass is 16.5. The van der Waals surface area contributed by atoms with Crippen molar-refractivity contribution in [1.82, 2.24) is 74.1 Å². The Hall–Kier alpha value is -13.2. The summed E-state index contributed by atoms with van der Waals surface area (Å²) in [5, 5.41) is 68.5. The number of cyclic esters (lactones) is 1. The number of carbonyl (C=O) groups excluding carboxylic acids is 17. The third kappa shape index (κ3) is 34.5. The number of H-pyrrole nitrogens is 1. The molecule has 0 bridgehead atoms. The van der Waals surface area contributed by atoms with Gasteiger partial charge < -0.3 is 122 Å². The molecule has 15 amide bonds. The summed E-state index contributed by atoms with van der Waals surface area (Å²) in [6.45, 7) is 4.58. The number of nitrogens with two attached hydrogens (primary N) is 4. The molecule has 120 heavy (non-hydrogen) atoms. The van der Waals surface area contributed by atoms with E-state index in [1.165, 1.54) is 24.3 Å². The molecule has 1 aliphatic heterocycles. The number of hydrogen-bond acceptors (Lipinski definition) is 24. The highest BCUT2D eigenvalue weighted by molar-refractivity contribution is 6.05. The van der Waals surface area contributed by atoms with Crippen LogP contribution < -0.4 is 92.1 Å². The molecule has 0 radical (unpaired) electrons. The number of Topliss-reactive ketones (excluding diaryl/α,β-unsaturated/α-hetero) is 1. The molecule has 3 aromatic rings. The zero-order valence-electron chi connectivity index (χ0n) is 66.9. The average molecular weight is 1690 g/mol. The van der Waals surface area contributed by atoms with Crippen LogP contribution in [0.3, 0.4) is 0 Å². The Kier molecular flexibility index (Phi) is 41.1. The second-order valence-corrected chi connectivity index (χ2v) is 29.0. The first-order valence-electron chi connectivity index (χ1n) is 38.7. The number of esters is 1. The van der Waals surface area contributed by atoms with Crippen molar-refractivity contribution >= 4 is 141 Å². The number of rotatable bonds is 38. The van der Waals surface area contributed by atoms with E-state index in [-0.39, 0.29) is 37.1 Å². The molecule has 0 saturated carbocycles. The average Bonchev–Trinajstić information content (AvgIpc) is 0.985. The highest BCUT2D eigenvalue weighted by Crippen LogP contribution is 2.22. The van der Waals surface area contributed by atoms with Crippen LogP contribution in [0.5, 0.6) is 0 Å². The second-order valence-electron chi connectivity index (χ2n) is 29.0. The number of ketones is 1. The van der Waals surface area contributed by atoms with E-state index in [0.29, 0.717) is 35.2 Å². The lowest BCUT2D eigenvalue weighted by Gasteiger charge is -2.30. The van der Waals surface area contributed by atoms with Crippen LogP contribution in [0, 0.1) is 11.8 Å². The summed E-state index contributed by atoms with van der Waals surface area (Å²) in [5.74, 6) is -30.8. The van der Waals surface area contributed by atoms with Gasteiger partial charge in [-0.25, -0.2) is 4.79 Å². The number of benzene rings is 2. The topological polar surface area (TPSA) is 725 Å². The maximum absolute atomic E-state index is 14.9. The highest BCUT2D eigenvalue weighted by Gasteiger charge is 2.41. The predicted octanol–water partition coefficient (Wildman–Crippen LogP) is -4.71. The van der Waals surface area contributed by atoms with Gasteiger partial charge in [0.25, 0.3) is 0 Å². The number of ether oxygens (including phenoxy) is 1. The van der Waals surface area contributed by atoms with Gasteiger partial charge in [0.05, 0.1) is 51.6 Å². The molecule has 1 fully saturated rings.